The third-order valence-electron chi connectivity index (χ3n) is 2.30. The third-order valence-corrected chi connectivity index (χ3v) is 2.30. The van der Waals surface area contributed by atoms with Crippen molar-refractivity contribution in [2.24, 2.45) is 0 Å². The molecule has 0 bridgehead atoms. The van der Waals surface area contributed by atoms with E-state index in [0.717, 1.165) is 0 Å². The summed E-state index contributed by atoms with van der Waals surface area (Å²) in [6.07, 6.45) is 0. The molecule has 102 valence electrons. The molecule has 0 amide bonds. The van der Waals surface area contributed by atoms with Gasteiger partial charge in [0.15, 0.2) is 0 Å². The van der Waals surface area contributed by atoms with Gasteiger partial charge < -0.3 is 14.8 Å². The van der Waals surface area contributed by atoms with E-state index in [2.05, 4.69) is 20.3 Å². The Morgan fingerprint density at radius 3 is 2.45 bits per heavy atom. The fourth-order valence-electron chi connectivity index (χ4n) is 1.42. The molecular formula is C13H13N5O2. The lowest BCUT2D eigenvalue weighted by atomic mass is 10.2. The van der Waals surface area contributed by atoms with E-state index >= 15 is 0 Å². The fraction of sp³-hybridized carbons (Fsp3) is 0.231. The zero-order valence-electron chi connectivity index (χ0n) is 11.1. The summed E-state index contributed by atoms with van der Waals surface area (Å²) >= 11 is 0. The van der Waals surface area contributed by atoms with Crippen LogP contribution < -0.4 is 14.8 Å². The largest absolute Gasteiger partial charge is 0.467 e. The van der Waals surface area contributed by atoms with Crippen molar-refractivity contribution in [3.8, 4) is 23.8 Å². The van der Waals surface area contributed by atoms with Crippen LogP contribution in [0.4, 0.5) is 5.95 Å². The maximum Gasteiger partial charge on any atom is 0.330 e. The lowest BCUT2D eigenvalue weighted by molar-refractivity contribution is 0.360. The molecule has 0 radical (unpaired) electrons. The van der Waals surface area contributed by atoms with E-state index in [-0.39, 0.29) is 12.0 Å². The first-order valence-electron chi connectivity index (χ1n) is 5.97. The van der Waals surface area contributed by atoms with E-state index in [1.807, 2.05) is 13.0 Å². The van der Waals surface area contributed by atoms with Gasteiger partial charge >= 0.3 is 12.0 Å². The molecule has 0 aliphatic carbocycles. The highest BCUT2D eigenvalue weighted by Gasteiger charge is 2.08. The molecular weight excluding hydrogens is 258 g/mol. The van der Waals surface area contributed by atoms with Crippen LogP contribution in [0.15, 0.2) is 24.3 Å². The molecule has 7 heteroatoms. The summed E-state index contributed by atoms with van der Waals surface area (Å²) in [6.45, 7) is 2.60. The van der Waals surface area contributed by atoms with Crippen molar-refractivity contribution in [2.45, 2.75) is 6.92 Å². The van der Waals surface area contributed by atoms with Gasteiger partial charge in [-0.05, 0) is 31.2 Å². The highest BCUT2D eigenvalue weighted by Crippen LogP contribution is 2.20. The third kappa shape index (κ3) is 3.32. The standard InChI is InChI=1S/C13H13N5O2/c1-3-15-11-16-12(19-2)18-13(17-11)20-10-6-4-9(8-14)5-7-10/h4-7H,3H2,1-2H3,(H,15,16,17,18). The van der Waals surface area contributed by atoms with Gasteiger partial charge in [0, 0.05) is 6.54 Å². The second-order valence-corrected chi connectivity index (χ2v) is 3.70. The Morgan fingerprint density at radius 2 is 1.85 bits per heavy atom. The average molecular weight is 271 g/mol. The number of hydrogen-bond acceptors (Lipinski definition) is 7. The van der Waals surface area contributed by atoms with E-state index in [1.165, 1.54) is 7.11 Å². The predicted octanol–water partition coefficient (Wildman–Crippen LogP) is 1.98. The summed E-state index contributed by atoms with van der Waals surface area (Å²) < 4.78 is 10.5. The Balaban J connectivity index is 2.22. The van der Waals surface area contributed by atoms with Crippen molar-refractivity contribution in [1.82, 2.24) is 15.0 Å². The number of benzene rings is 1. The lowest BCUT2D eigenvalue weighted by Crippen LogP contribution is -2.06. The van der Waals surface area contributed by atoms with Gasteiger partial charge in [0.05, 0.1) is 18.7 Å². The zero-order chi connectivity index (χ0) is 14.4. The molecule has 0 spiro atoms. The first-order chi connectivity index (χ1) is 9.75. The molecule has 1 heterocycles. The van der Waals surface area contributed by atoms with Gasteiger partial charge in [-0.25, -0.2) is 0 Å². The number of aromatic nitrogens is 3. The molecule has 0 saturated carbocycles. The molecule has 0 unspecified atom stereocenters. The summed E-state index contributed by atoms with van der Waals surface area (Å²) in [6, 6.07) is 8.96. The SMILES string of the molecule is CCNc1nc(OC)nc(Oc2ccc(C#N)cc2)n1. The minimum absolute atomic E-state index is 0.123. The fourth-order valence-corrected chi connectivity index (χ4v) is 1.42. The molecule has 1 aromatic heterocycles. The molecule has 7 nitrogen and oxygen atoms in total. The van der Waals surface area contributed by atoms with Gasteiger partial charge in [0.1, 0.15) is 5.75 Å². The molecule has 0 atom stereocenters. The van der Waals surface area contributed by atoms with Crippen LogP contribution in [0.25, 0.3) is 0 Å². The van der Waals surface area contributed by atoms with Crippen molar-refractivity contribution in [3.05, 3.63) is 29.8 Å². The number of ether oxygens (including phenoxy) is 2. The monoisotopic (exact) mass is 271 g/mol. The van der Waals surface area contributed by atoms with Gasteiger partial charge in [-0.15, -0.1) is 4.98 Å². The van der Waals surface area contributed by atoms with Crippen LogP contribution in [0, 0.1) is 11.3 Å². The van der Waals surface area contributed by atoms with Crippen molar-refractivity contribution in [2.75, 3.05) is 19.0 Å². The first kappa shape index (κ1) is 13.5. The van der Waals surface area contributed by atoms with Gasteiger partial charge in [-0.2, -0.15) is 15.2 Å². The van der Waals surface area contributed by atoms with E-state index in [4.69, 9.17) is 14.7 Å². The van der Waals surface area contributed by atoms with Crippen LogP contribution in [-0.4, -0.2) is 28.6 Å². The Morgan fingerprint density at radius 1 is 1.15 bits per heavy atom. The quantitative estimate of drug-likeness (QED) is 0.888. The van der Waals surface area contributed by atoms with Crippen molar-refractivity contribution >= 4 is 5.95 Å². The van der Waals surface area contributed by atoms with Gasteiger partial charge in [-0.1, -0.05) is 0 Å². The summed E-state index contributed by atoms with van der Waals surface area (Å²) in [5.74, 6) is 0.905. The Labute approximate surface area is 116 Å². The molecule has 0 saturated heterocycles. The maximum absolute atomic E-state index is 8.73. The first-order valence-corrected chi connectivity index (χ1v) is 5.97. The Hall–Kier alpha value is -2.88. The molecule has 0 fully saturated rings. The summed E-state index contributed by atoms with van der Waals surface area (Å²) in [5.41, 5.74) is 0.555. The number of hydrogen-bond donors (Lipinski definition) is 1. The second-order valence-electron chi connectivity index (χ2n) is 3.70. The van der Waals surface area contributed by atoms with Crippen LogP contribution in [0.3, 0.4) is 0 Å². The highest BCUT2D eigenvalue weighted by atomic mass is 16.5. The van der Waals surface area contributed by atoms with Crippen molar-refractivity contribution in [1.29, 1.82) is 5.26 Å². The number of anilines is 1. The maximum atomic E-state index is 8.73. The van der Waals surface area contributed by atoms with Crippen LogP contribution in [0.1, 0.15) is 12.5 Å². The van der Waals surface area contributed by atoms with E-state index in [1.54, 1.807) is 24.3 Å². The zero-order valence-corrected chi connectivity index (χ0v) is 11.1. The van der Waals surface area contributed by atoms with Crippen molar-refractivity contribution < 1.29 is 9.47 Å². The molecule has 2 aromatic rings. The smallest absolute Gasteiger partial charge is 0.330 e. The summed E-state index contributed by atoms with van der Waals surface area (Å²) in [5, 5.41) is 11.7. The number of nitriles is 1. The minimum Gasteiger partial charge on any atom is -0.467 e. The van der Waals surface area contributed by atoms with Gasteiger partial charge in [-0.3, -0.25) is 0 Å². The van der Waals surface area contributed by atoms with E-state index in [9.17, 15) is 0 Å². The van der Waals surface area contributed by atoms with Crippen molar-refractivity contribution in [3.63, 3.8) is 0 Å². The molecule has 2 rings (SSSR count). The predicted molar refractivity (Wildman–Crippen MR) is 71.8 cm³/mol. The average Bonchev–Trinajstić information content (AvgIpc) is 2.48. The Kier molecular flexibility index (Phi) is 4.29. The molecule has 0 aliphatic heterocycles. The number of nitrogens with zero attached hydrogens (tertiary/aromatic N) is 4. The van der Waals surface area contributed by atoms with Crippen LogP contribution in [0.5, 0.6) is 17.8 Å². The number of nitrogens with one attached hydrogen (secondary N) is 1. The van der Waals surface area contributed by atoms with Crippen LogP contribution in [0.2, 0.25) is 0 Å². The van der Waals surface area contributed by atoms with Crippen LogP contribution >= 0.6 is 0 Å². The van der Waals surface area contributed by atoms with Gasteiger partial charge in [0.2, 0.25) is 5.95 Å². The summed E-state index contributed by atoms with van der Waals surface area (Å²) in [7, 11) is 1.47. The topological polar surface area (TPSA) is 93.0 Å². The highest BCUT2D eigenvalue weighted by molar-refractivity contribution is 5.36. The second kappa shape index (κ2) is 6.33. The van der Waals surface area contributed by atoms with Crippen LogP contribution in [-0.2, 0) is 0 Å². The molecule has 0 aliphatic rings. The lowest BCUT2D eigenvalue weighted by Gasteiger charge is -2.07. The molecule has 20 heavy (non-hydrogen) atoms. The van der Waals surface area contributed by atoms with Gasteiger partial charge in [0.25, 0.3) is 0 Å². The normalized spacial score (nSPS) is 9.65. The molecule has 1 aromatic carbocycles. The summed E-state index contributed by atoms with van der Waals surface area (Å²) in [4.78, 5) is 12.1. The van der Waals surface area contributed by atoms with E-state index < -0.39 is 0 Å². The minimum atomic E-state index is 0.123. The number of methoxy groups -OCH3 is 1. The number of rotatable bonds is 5. The van der Waals surface area contributed by atoms with E-state index in [0.29, 0.717) is 23.8 Å². The Bertz CT molecular complexity index is 622. The molecule has 1 N–H and O–H groups in total.